The molecule has 4 aliphatic rings. The Hall–Kier alpha value is -3.29. The molecule has 0 N–H and O–H groups in total. The van der Waals surface area contributed by atoms with Crippen molar-refractivity contribution in [3.8, 4) is 0 Å². The zero-order valence-corrected chi connectivity index (χ0v) is 23.4. The van der Waals surface area contributed by atoms with Gasteiger partial charge in [-0.3, -0.25) is 0 Å². The van der Waals surface area contributed by atoms with Gasteiger partial charge >= 0.3 is 59.7 Å². The van der Waals surface area contributed by atoms with Gasteiger partial charge in [-0.25, -0.2) is 19.2 Å². The van der Waals surface area contributed by atoms with Crippen LogP contribution in [0.25, 0.3) is 0 Å². The van der Waals surface area contributed by atoms with Gasteiger partial charge in [0.1, 0.15) is 5.60 Å². The van der Waals surface area contributed by atoms with E-state index in [9.17, 15) is 76.3 Å². The summed E-state index contributed by atoms with van der Waals surface area (Å²) in [5.74, 6) is -51.0. The Balaban J connectivity index is 2.03. The van der Waals surface area contributed by atoms with Crippen LogP contribution in [-0.4, -0.2) is 77.7 Å². The van der Waals surface area contributed by atoms with E-state index in [1.54, 1.807) is 0 Å². The van der Waals surface area contributed by atoms with Crippen molar-refractivity contribution in [2.45, 2.75) is 93.1 Å². The number of alkyl halides is 13. The summed E-state index contributed by atoms with van der Waals surface area (Å²) in [7, 11) is 0. The Morgan fingerprint density at radius 2 is 1.17 bits per heavy atom. The summed E-state index contributed by atoms with van der Waals surface area (Å²) in [4.78, 5) is 48.6. The molecule has 262 valence electrons. The van der Waals surface area contributed by atoms with E-state index in [1.165, 1.54) is 6.92 Å². The Morgan fingerprint density at radius 1 is 0.717 bits per heavy atom. The third-order valence-electron chi connectivity index (χ3n) is 7.98. The second-order valence-electron chi connectivity index (χ2n) is 11.5. The van der Waals surface area contributed by atoms with Crippen LogP contribution in [0.15, 0.2) is 12.2 Å². The molecule has 4 aliphatic carbocycles. The number of hydrogen-bond acceptors (Lipinski definition) is 8. The van der Waals surface area contributed by atoms with Crippen LogP contribution in [0.1, 0.15) is 46.0 Å². The molecule has 0 heterocycles. The predicted octanol–water partition coefficient (Wildman–Crippen LogP) is 5.77. The number of carbonyl (C=O) groups is 4. The first-order valence-electron chi connectivity index (χ1n) is 12.9. The van der Waals surface area contributed by atoms with Crippen LogP contribution in [-0.2, 0) is 38.1 Å². The molecule has 4 bridgehead atoms. The minimum absolute atomic E-state index is 0.0899. The molecule has 8 nitrogen and oxygen atoms in total. The Bertz CT molecular complexity index is 1270. The standard InChI is InChI=1S/C25H23F13O8/c1-10(2)15(40)43-9-14(39)44-19-6-11-4-12(7-19)20(13(5-11)8-19,45-16(41)21(28,29)18(3,26)27)46-17(42)22(30,31)23(32,33)24(34,35)25(36,37)38/h11-13H,1,4-9H2,2-3H3. The highest BCUT2D eigenvalue weighted by molar-refractivity contribution is 5.88. The van der Waals surface area contributed by atoms with Gasteiger partial charge in [0.2, 0.25) is 0 Å². The number of rotatable bonds is 11. The van der Waals surface area contributed by atoms with E-state index in [2.05, 4.69) is 20.8 Å². The second kappa shape index (κ2) is 11.2. The van der Waals surface area contributed by atoms with Gasteiger partial charge in [-0.2, -0.15) is 57.1 Å². The fraction of sp³-hybridized carbons (Fsp3) is 0.760. The lowest BCUT2D eigenvalue weighted by Gasteiger charge is -2.62. The largest absolute Gasteiger partial charge is 0.460 e. The number of halogens is 13. The molecule has 0 saturated heterocycles. The summed E-state index contributed by atoms with van der Waals surface area (Å²) in [5.41, 5.74) is -1.89. The molecular formula is C25H23F13O8. The van der Waals surface area contributed by atoms with Crippen molar-refractivity contribution in [2.24, 2.45) is 17.8 Å². The fourth-order valence-electron chi connectivity index (χ4n) is 5.95. The average molecular weight is 698 g/mol. The quantitative estimate of drug-likeness (QED) is 0.0882. The van der Waals surface area contributed by atoms with Crippen molar-refractivity contribution in [3.63, 3.8) is 0 Å². The summed E-state index contributed by atoms with van der Waals surface area (Å²) >= 11 is 0. The summed E-state index contributed by atoms with van der Waals surface area (Å²) in [6.07, 6.45) is -10.1. The molecule has 4 fully saturated rings. The fourth-order valence-corrected chi connectivity index (χ4v) is 5.95. The Labute approximate surface area is 249 Å². The highest BCUT2D eigenvalue weighted by Crippen LogP contribution is 2.64. The molecule has 46 heavy (non-hydrogen) atoms. The van der Waals surface area contributed by atoms with E-state index >= 15 is 0 Å². The third-order valence-corrected chi connectivity index (χ3v) is 7.98. The SMILES string of the molecule is C=C(C)C(=O)OCC(=O)OC12CC3CC(C1)C(OC(=O)C(F)(F)C(C)(F)F)(OC(=O)C(F)(F)C(F)(F)C(F)(F)C(F)(F)F)C(C3)C2. The summed E-state index contributed by atoms with van der Waals surface area (Å²) in [6.45, 7) is 2.95. The van der Waals surface area contributed by atoms with Crippen LogP contribution in [0.3, 0.4) is 0 Å². The molecule has 2 atom stereocenters. The number of esters is 4. The predicted molar refractivity (Wildman–Crippen MR) is 120 cm³/mol. The number of ether oxygens (including phenoxy) is 4. The van der Waals surface area contributed by atoms with Gasteiger partial charge in [-0.15, -0.1) is 0 Å². The molecule has 0 aromatic carbocycles. The van der Waals surface area contributed by atoms with Crippen molar-refractivity contribution in [1.82, 2.24) is 0 Å². The van der Waals surface area contributed by atoms with Crippen LogP contribution in [0.2, 0.25) is 0 Å². The summed E-state index contributed by atoms with van der Waals surface area (Å²) in [5, 5.41) is 0. The molecule has 0 aromatic heterocycles. The lowest BCUT2D eigenvalue weighted by atomic mass is 9.51. The van der Waals surface area contributed by atoms with Gasteiger partial charge in [0.15, 0.2) is 6.61 Å². The molecule has 4 rings (SSSR count). The van der Waals surface area contributed by atoms with Crippen molar-refractivity contribution in [3.05, 3.63) is 12.2 Å². The smallest absolute Gasteiger partial charge is 0.457 e. The van der Waals surface area contributed by atoms with Crippen LogP contribution in [0.4, 0.5) is 57.1 Å². The molecule has 4 saturated carbocycles. The zero-order chi connectivity index (χ0) is 35.7. The Kier molecular flexibility index (Phi) is 9.02. The Morgan fingerprint density at radius 3 is 1.59 bits per heavy atom. The molecule has 0 spiro atoms. The second-order valence-corrected chi connectivity index (χ2v) is 11.5. The first kappa shape index (κ1) is 37.2. The maximum Gasteiger partial charge on any atom is 0.460 e. The van der Waals surface area contributed by atoms with Crippen LogP contribution < -0.4 is 0 Å². The molecule has 0 amide bonds. The van der Waals surface area contributed by atoms with Crippen molar-refractivity contribution in [2.75, 3.05) is 6.61 Å². The van der Waals surface area contributed by atoms with Gasteiger partial charge in [-0.05, 0) is 44.9 Å². The van der Waals surface area contributed by atoms with E-state index in [4.69, 9.17) is 4.74 Å². The highest BCUT2D eigenvalue weighted by atomic mass is 19.4. The van der Waals surface area contributed by atoms with E-state index in [0.717, 1.165) is 0 Å². The molecule has 0 radical (unpaired) electrons. The lowest BCUT2D eigenvalue weighted by molar-refractivity contribution is -0.397. The van der Waals surface area contributed by atoms with Crippen LogP contribution >= 0.6 is 0 Å². The van der Waals surface area contributed by atoms with Crippen LogP contribution in [0, 0.1) is 17.8 Å². The first-order valence-corrected chi connectivity index (χ1v) is 12.9. The van der Waals surface area contributed by atoms with Gasteiger partial charge < -0.3 is 18.9 Å². The van der Waals surface area contributed by atoms with E-state index in [-0.39, 0.29) is 12.0 Å². The molecule has 21 heteroatoms. The minimum Gasteiger partial charge on any atom is -0.457 e. The van der Waals surface area contributed by atoms with E-state index in [0.29, 0.717) is 0 Å². The van der Waals surface area contributed by atoms with Gasteiger partial charge in [0.05, 0.1) is 0 Å². The van der Waals surface area contributed by atoms with E-state index in [1.807, 2.05) is 0 Å². The summed E-state index contributed by atoms with van der Waals surface area (Å²) in [6, 6.07) is 0. The van der Waals surface area contributed by atoms with Gasteiger partial charge in [-0.1, -0.05) is 6.58 Å². The molecule has 2 unspecified atom stereocenters. The molecule has 0 aromatic rings. The summed E-state index contributed by atoms with van der Waals surface area (Å²) < 4.78 is 196. The van der Waals surface area contributed by atoms with Gasteiger partial charge in [0, 0.05) is 24.3 Å². The van der Waals surface area contributed by atoms with E-state index < -0.39 is 128 Å². The minimum atomic E-state index is -7.58. The number of hydrogen-bond donors (Lipinski definition) is 0. The highest BCUT2D eigenvalue weighted by Gasteiger charge is 2.85. The first-order chi connectivity index (χ1) is 20.5. The van der Waals surface area contributed by atoms with Crippen LogP contribution in [0.5, 0.6) is 0 Å². The number of carbonyl (C=O) groups excluding carboxylic acids is 4. The zero-order valence-electron chi connectivity index (χ0n) is 23.4. The normalized spacial score (nSPS) is 28.4. The van der Waals surface area contributed by atoms with Gasteiger partial charge in [0.25, 0.3) is 5.79 Å². The van der Waals surface area contributed by atoms with Crippen molar-refractivity contribution in [1.29, 1.82) is 0 Å². The maximum absolute atomic E-state index is 14.5. The molecule has 0 aliphatic heterocycles. The van der Waals surface area contributed by atoms with Crippen molar-refractivity contribution < 1.29 is 95.2 Å². The average Bonchev–Trinajstić information content (AvgIpc) is 2.87. The maximum atomic E-state index is 14.5. The lowest BCUT2D eigenvalue weighted by Crippen LogP contribution is -2.70. The monoisotopic (exact) mass is 698 g/mol. The topological polar surface area (TPSA) is 105 Å². The molecular weight excluding hydrogens is 675 g/mol. The van der Waals surface area contributed by atoms with Crippen molar-refractivity contribution >= 4 is 23.9 Å². The third kappa shape index (κ3) is 5.97.